The summed E-state index contributed by atoms with van der Waals surface area (Å²) in [6, 6.07) is 5.00. The van der Waals surface area contributed by atoms with Gasteiger partial charge in [-0.1, -0.05) is 15.9 Å². The molecule has 0 spiro atoms. The molecule has 1 aromatic rings. The Balaban J connectivity index is 1.64. The fourth-order valence-electron chi connectivity index (χ4n) is 2.88. The molecule has 2 heterocycles. The van der Waals surface area contributed by atoms with Gasteiger partial charge in [0, 0.05) is 30.5 Å². The minimum atomic E-state index is -0.338. The molecule has 3 amide bonds. The van der Waals surface area contributed by atoms with Gasteiger partial charge < -0.3 is 9.64 Å². The number of hydrogen-bond acceptors (Lipinski definition) is 4. The van der Waals surface area contributed by atoms with Crippen LogP contribution < -0.4 is 0 Å². The maximum Gasteiger partial charge on any atom is 0.261 e. The predicted octanol–water partition coefficient (Wildman–Crippen LogP) is 1.68. The molecule has 0 radical (unpaired) electrons. The van der Waals surface area contributed by atoms with E-state index in [-0.39, 0.29) is 36.8 Å². The molecule has 1 unspecified atom stereocenters. The van der Waals surface area contributed by atoms with Gasteiger partial charge in [0.1, 0.15) is 0 Å². The first-order valence-corrected chi connectivity index (χ1v) is 8.32. The van der Waals surface area contributed by atoms with Gasteiger partial charge in [-0.05, 0) is 25.1 Å². The number of nitrogens with zero attached hydrogens (tertiary/aromatic N) is 2. The van der Waals surface area contributed by atoms with Crippen LogP contribution in [-0.4, -0.2) is 59.9 Å². The number of morpholine rings is 1. The van der Waals surface area contributed by atoms with E-state index in [0.29, 0.717) is 30.8 Å². The number of hydrogen-bond donors (Lipinski definition) is 0. The van der Waals surface area contributed by atoms with Crippen LogP contribution in [-0.2, 0) is 9.53 Å². The van der Waals surface area contributed by atoms with Gasteiger partial charge in [0.2, 0.25) is 5.91 Å². The molecule has 0 bridgehead atoms. The summed E-state index contributed by atoms with van der Waals surface area (Å²) in [6.07, 6.45) is 0.156. The molecule has 6 nitrogen and oxygen atoms in total. The standard InChI is InChI=1S/C16H17BrN2O4/c1-10-9-18(6-7-23-10)14(20)4-5-19-15(21)12-3-2-11(17)8-13(12)16(19)22/h2-3,8,10H,4-7,9H2,1H3. The quantitative estimate of drug-likeness (QED) is 0.748. The number of imide groups is 1. The van der Waals surface area contributed by atoms with E-state index >= 15 is 0 Å². The van der Waals surface area contributed by atoms with Gasteiger partial charge in [-0.3, -0.25) is 19.3 Å². The number of carbonyl (C=O) groups is 3. The molecular formula is C16H17BrN2O4. The van der Waals surface area contributed by atoms with Crippen molar-refractivity contribution in [1.82, 2.24) is 9.80 Å². The van der Waals surface area contributed by atoms with Gasteiger partial charge in [-0.25, -0.2) is 0 Å². The predicted molar refractivity (Wildman–Crippen MR) is 86.1 cm³/mol. The highest BCUT2D eigenvalue weighted by molar-refractivity contribution is 9.10. The summed E-state index contributed by atoms with van der Waals surface area (Å²) in [6.45, 7) is 3.65. The largest absolute Gasteiger partial charge is 0.375 e. The van der Waals surface area contributed by atoms with Crippen LogP contribution in [0.25, 0.3) is 0 Å². The molecular weight excluding hydrogens is 364 g/mol. The van der Waals surface area contributed by atoms with Crippen LogP contribution in [0.5, 0.6) is 0 Å². The highest BCUT2D eigenvalue weighted by Crippen LogP contribution is 2.26. The van der Waals surface area contributed by atoms with Crippen LogP contribution in [0.2, 0.25) is 0 Å². The summed E-state index contributed by atoms with van der Waals surface area (Å²) >= 11 is 3.30. The monoisotopic (exact) mass is 380 g/mol. The number of benzene rings is 1. The molecule has 3 rings (SSSR count). The summed E-state index contributed by atoms with van der Waals surface area (Å²) in [7, 11) is 0. The number of rotatable bonds is 3. The second-order valence-electron chi connectivity index (χ2n) is 5.72. The van der Waals surface area contributed by atoms with E-state index in [1.807, 2.05) is 6.92 Å². The summed E-state index contributed by atoms with van der Waals surface area (Å²) in [5.74, 6) is -0.729. The summed E-state index contributed by atoms with van der Waals surface area (Å²) < 4.78 is 6.15. The third-order valence-corrected chi connectivity index (χ3v) is 4.57. The highest BCUT2D eigenvalue weighted by Gasteiger charge is 2.36. The van der Waals surface area contributed by atoms with E-state index in [4.69, 9.17) is 4.74 Å². The van der Waals surface area contributed by atoms with Crippen molar-refractivity contribution in [3.63, 3.8) is 0 Å². The summed E-state index contributed by atoms with van der Waals surface area (Å²) in [5, 5.41) is 0. The Morgan fingerprint density at radius 2 is 2.04 bits per heavy atom. The number of carbonyl (C=O) groups excluding carboxylic acids is 3. The Bertz CT molecular complexity index is 676. The fourth-order valence-corrected chi connectivity index (χ4v) is 3.24. The lowest BCUT2D eigenvalue weighted by Crippen LogP contribution is -2.45. The van der Waals surface area contributed by atoms with E-state index in [0.717, 1.165) is 9.37 Å². The molecule has 0 aromatic heterocycles. The number of ether oxygens (including phenoxy) is 1. The van der Waals surface area contributed by atoms with Gasteiger partial charge in [-0.2, -0.15) is 0 Å². The Hall–Kier alpha value is -1.73. The van der Waals surface area contributed by atoms with Crippen molar-refractivity contribution in [2.24, 2.45) is 0 Å². The van der Waals surface area contributed by atoms with Crippen molar-refractivity contribution in [3.05, 3.63) is 33.8 Å². The molecule has 1 saturated heterocycles. The van der Waals surface area contributed by atoms with Crippen LogP contribution in [0.15, 0.2) is 22.7 Å². The van der Waals surface area contributed by atoms with Crippen LogP contribution in [0.1, 0.15) is 34.1 Å². The topological polar surface area (TPSA) is 66.9 Å². The molecule has 7 heteroatoms. The van der Waals surface area contributed by atoms with Gasteiger partial charge in [0.05, 0.1) is 23.8 Å². The average Bonchev–Trinajstić information content (AvgIpc) is 2.76. The van der Waals surface area contributed by atoms with Crippen molar-refractivity contribution in [1.29, 1.82) is 0 Å². The zero-order chi connectivity index (χ0) is 16.6. The Kier molecular flexibility index (Phi) is 4.50. The smallest absolute Gasteiger partial charge is 0.261 e. The number of halogens is 1. The minimum absolute atomic E-state index is 0.0179. The van der Waals surface area contributed by atoms with Gasteiger partial charge in [-0.15, -0.1) is 0 Å². The van der Waals surface area contributed by atoms with Crippen LogP contribution in [0.4, 0.5) is 0 Å². The molecule has 1 aromatic carbocycles. The molecule has 2 aliphatic rings. The third kappa shape index (κ3) is 3.16. The Morgan fingerprint density at radius 1 is 1.30 bits per heavy atom. The van der Waals surface area contributed by atoms with E-state index in [2.05, 4.69) is 15.9 Å². The molecule has 0 aliphatic carbocycles. The van der Waals surface area contributed by atoms with Gasteiger partial charge >= 0.3 is 0 Å². The van der Waals surface area contributed by atoms with Crippen LogP contribution in [0, 0.1) is 0 Å². The van der Waals surface area contributed by atoms with Crippen molar-refractivity contribution >= 4 is 33.7 Å². The normalized spacial score (nSPS) is 20.9. The first-order valence-electron chi connectivity index (χ1n) is 7.52. The number of amides is 3. The molecule has 122 valence electrons. The van der Waals surface area contributed by atoms with Crippen LogP contribution in [0.3, 0.4) is 0 Å². The molecule has 0 saturated carbocycles. The van der Waals surface area contributed by atoms with Crippen LogP contribution >= 0.6 is 15.9 Å². The lowest BCUT2D eigenvalue weighted by molar-refractivity contribution is -0.138. The Labute approximate surface area is 142 Å². The second kappa shape index (κ2) is 6.41. The van der Waals surface area contributed by atoms with Crippen molar-refractivity contribution in [2.75, 3.05) is 26.2 Å². The first kappa shape index (κ1) is 16.1. The van der Waals surface area contributed by atoms with E-state index < -0.39 is 0 Å². The molecule has 1 atom stereocenters. The second-order valence-corrected chi connectivity index (χ2v) is 6.64. The molecule has 1 fully saturated rings. The SMILES string of the molecule is CC1CN(C(=O)CCN2C(=O)c3ccc(Br)cc3C2=O)CCO1. The first-order chi connectivity index (χ1) is 11.0. The Morgan fingerprint density at radius 3 is 2.78 bits per heavy atom. The third-order valence-electron chi connectivity index (χ3n) is 4.08. The van der Waals surface area contributed by atoms with E-state index in [1.54, 1.807) is 23.1 Å². The van der Waals surface area contributed by atoms with Gasteiger partial charge in [0.25, 0.3) is 11.8 Å². The number of fused-ring (bicyclic) bond motifs is 1. The van der Waals surface area contributed by atoms with Gasteiger partial charge in [0.15, 0.2) is 0 Å². The van der Waals surface area contributed by atoms with Crippen molar-refractivity contribution in [3.8, 4) is 0 Å². The van der Waals surface area contributed by atoms with E-state index in [1.165, 1.54) is 0 Å². The maximum absolute atomic E-state index is 12.3. The maximum atomic E-state index is 12.3. The summed E-state index contributed by atoms with van der Waals surface area (Å²) in [4.78, 5) is 39.8. The summed E-state index contributed by atoms with van der Waals surface area (Å²) in [5.41, 5.74) is 0.780. The molecule has 2 aliphatic heterocycles. The lowest BCUT2D eigenvalue weighted by Gasteiger charge is -2.31. The molecule has 23 heavy (non-hydrogen) atoms. The zero-order valence-corrected chi connectivity index (χ0v) is 14.3. The minimum Gasteiger partial charge on any atom is -0.375 e. The van der Waals surface area contributed by atoms with Crippen molar-refractivity contribution < 1.29 is 19.1 Å². The highest BCUT2D eigenvalue weighted by atomic mass is 79.9. The van der Waals surface area contributed by atoms with Crippen molar-refractivity contribution in [2.45, 2.75) is 19.4 Å². The zero-order valence-electron chi connectivity index (χ0n) is 12.8. The lowest BCUT2D eigenvalue weighted by atomic mass is 10.1. The molecule has 0 N–H and O–H groups in total. The van der Waals surface area contributed by atoms with E-state index in [9.17, 15) is 14.4 Å². The average molecular weight is 381 g/mol. The fraction of sp³-hybridized carbons (Fsp3) is 0.438.